The van der Waals surface area contributed by atoms with Gasteiger partial charge in [0.15, 0.2) is 5.76 Å². The number of pyridine rings is 1. The van der Waals surface area contributed by atoms with Crippen LogP contribution in [0, 0.1) is 0 Å². The molecule has 0 radical (unpaired) electrons. The molecule has 0 bridgehead atoms. The fourth-order valence-corrected chi connectivity index (χ4v) is 3.36. The first-order valence-corrected chi connectivity index (χ1v) is 10.0. The molecule has 1 fully saturated rings. The Morgan fingerprint density at radius 2 is 2.00 bits per heavy atom. The molecular weight excluding hydrogens is 403 g/mol. The minimum absolute atomic E-state index is 0.0969. The van der Waals surface area contributed by atoms with E-state index in [9.17, 15) is 14.3 Å². The zero-order chi connectivity index (χ0) is 22.0. The number of nitrogens with zero attached hydrogens (tertiary/aromatic N) is 5. The van der Waals surface area contributed by atoms with Crippen LogP contribution in [-0.2, 0) is 10.4 Å². The van der Waals surface area contributed by atoms with E-state index in [0.29, 0.717) is 48.2 Å². The number of carbonyl (C=O) groups excluding carboxylic acids is 1. The largest absolute Gasteiger partial charge is 0.373 e. The van der Waals surface area contributed by atoms with E-state index in [1.807, 2.05) is 0 Å². The van der Waals surface area contributed by atoms with Crippen molar-refractivity contribution in [2.45, 2.75) is 31.5 Å². The zero-order valence-corrected chi connectivity index (χ0v) is 17.2. The highest BCUT2D eigenvalue weighted by Crippen LogP contribution is 2.34. The third-order valence-corrected chi connectivity index (χ3v) is 5.18. The second kappa shape index (κ2) is 8.38. The van der Waals surface area contributed by atoms with Crippen LogP contribution in [0.2, 0.25) is 0 Å². The Hall–Kier alpha value is -3.40. The van der Waals surface area contributed by atoms with Gasteiger partial charge in [-0.05, 0) is 31.5 Å². The van der Waals surface area contributed by atoms with E-state index in [1.165, 1.54) is 17.9 Å². The molecule has 3 aromatic heterocycles. The van der Waals surface area contributed by atoms with Crippen LogP contribution in [0.15, 0.2) is 41.1 Å². The highest BCUT2D eigenvalue weighted by Gasteiger charge is 2.48. The van der Waals surface area contributed by atoms with Gasteiger partial charge in [-0.15, -0.1) is 0 Å². The zero-order valence-electron chi connectivity index (χ0n) is 17.2. The number of alkyl halides is 1. The summed E-state index contributed by atoms with van der Waals surface area (Å²) in [6.45, 7) is 2.36. The van der Waals surface area contributed by atoms with Gasteiger partial charge in [0.25, 0.3) is 5.91 Å². The molecule has 9 nitrogen and oxygen atoms in total. The van der Waals surface area contributed by atoms with Crippen LogP contribution in [0.1, 0.15) is 25.5 Å². The summed E-state index contributed by atoms with van der Waals surface area (Å²) in [5.41, 5.74) is 0.373. The molecule has 0 aromatic carbocycles. The lowest BCUT2D eigenvalue weighted by Gasteiger charge is -2.16. The maximum Gasteiger partial charge on any atom is 0.262 e. The maximum absolute atomic E-state index is 13.0. The van der Waals surface area contributed by atoms with E-state index in [-0.39, 0.29) is 12.2 Å². The molecule has 2 unspecified atom stereocenters. The second-order valence-corrected chi connectivity index (χ2v) is 7.58. The van der Waals surface area contributed by atoms with Gasteiger partial charge in [-0.25, -0.2) is 19.3 Å². The van der Waals surface area contributed by atoms with Gasteiger partial charge in [0, 0.05) is 38.8 Å². The third-order valence-electron chi connectivity index (χ3n) is 5.18. The van der Waals surface area contributed by atoms with Gasteiger partial charge in [0.1, 0.15) is 5.69 Å². The molecule has 31 heavy (non-hydrogen) atoms. The number of hydrogen-bond acceptors (Lipinski definition) is 8. The molecule has 2 N–H and O–H groups in total. The lowest BCUT2D eigenvalue weighted by atomic mass is 9.98. The number of aliphatic hydroxyl groups is 1. The molecule has 1 saturated heterocycles. The minimum Gasteiger partial charge on any atom is -0.373 e. The molecule has 162 valence electrons. The summed E-state index contributed by atoms with van der Waals surface area (Å²) in [4.78, 5) is 26.9. The van der Waals surface area contributed by atoms with Crippen LogP contribution in [0.4, 0.5) is 10.3 Å². The lowest BCUT2D eigenvalue weighted by Crippen LogP contribution is -2.35. The van der Waals surface area contributed by atoms with Crippen LogP contribution < -0.4 is 5.32 Å². The lowest BCUT2D eigenvalue weighted by molar-refractivity contribution is -0.144. The smallest absolute Gasteiger partial charge is 0.262 e. The first kappa shape index (κ1) is 20.9. The number of amides is 1. The summed E-state index contributed by atoms with van der Waals surface area (Å²) in [5, 5.41) is 17.7. The summed E-state index contributed by atoms with van der Waals surface area (Å²) in [6.07, 6.45) is 1.30. The van der Waals surface area contributed by atoms with Gasteiger partial charge in [-0.1, -0.05) is 11.2 Å². The quantitative estimate of drug-likeness (QED) is 0.591. The highest BCUT2D eigenvalue weighted by atomic mass is 19.1. The van der Waals surface area contributed by atoms with Crippen molar-refractivity contribution in [3.63, 3.8) is 0 Å². The van der Waals surface area contributed by atoms with Crippen LogP contribution in [-0.4, -0.2) is 62.3 Å². The predicted octanol–water partition coefficient (Wildman–Crippen LogP) is 2.40. The summed E-state index contributed by atoms with van der Waals surface area (Å²) in [7, 11) is 1.63. The van der Waals surface area contributed by atoms with Gasteiger partial charge >= 0.3 is 0 Å². The summed E-state index contributed by atoms with van der Waals surface area (Å²) in [6, 6.07) is 8.60. The van der Waals surface area contributed by atoms with Crippen molar-refractivity contribution in [3.8, 4) is 22.8 Å². The standard InChI is InChI=1S/C21H23FN6O3/c1-13(22)6-9-23-20-24-10-7-16(26-20)14-4-3-5-15(25-14)17-12-18(31-27-17)21(30)8-11-28(2)19(21)29/h3-5,7,10,12-13,30H,6,8-9,11H2,1-2H3,(H,23,24,26). The van der Waals surface area contributed by atoms with Crippen molar-refractivity contribution >= 4 is 11.9 Å². The van der Waals surface area contributed by atoms with Crippen LogP contribution in [0.5, 0.6) is 0 Å². The number of likely N-dealkylation sites (tertiary alicyclic amines) is 1. The summed E-state index contributed by atoms with van der Waals surface area (Å²) in [5.74, 6) is 0.0694. The molecule has 4 heterocycles. The Labute approximate surface area is 178 Å². The molecule has 0 aliphatic carbocycles. The molecular formula is C21H23FN6O3. The molecule has 1 aliphatic heterocycles. The molecule has 10 heteroatoms. The van der Waals surface area contributed by atoms with Crippen molar-refractivity contribution in [2.24, 2.45) is 0 Å². The summed E-state index contributed by atoms with van der Waals surface area (Å²) >= 11 is 0. The first-order chi connectivity index (χ1) is 14.9. The SMILES string of the molecule is CC(F)CCNc1nccc(-c2cccc(-c3cc(C4(O)CCN(C)C4=O)on3)n2)n1. The topological polar surface area (TPSA) is 117 Å². The van der Waals surface area contributed by atoms with Crippen molar-refractivity contribution < 1.29 is 18.8 Å². The second-order valence-electron chi connectivity index (χ2n) is 7.58. The van der Waals surface area contributed by atoms with Crippen LogP contribution >= 0.6 is 0 Å². The summed E-state index contributed by atoms with van der Waals surface area (Å²) < 4.78 is 18.3. The van der Waals surface area contributed by atoms with Crippen molar-refractivity contribution in [2.75, 3.05) is 25.5 Å². The van der Waals surface area contributed by atoms with Crippen molar-refractivity contribution in [1.82, 2.24) is 25.0 Å². The van der Waals surface area contributed by atoms with Crippen molar-refractivity contribution in [1.29, 1.82) is 0 Å². The molecule has 0 spiro atoms. The number of carbonyl (C=O) groups is 1. The van der Waals surface area contributed by atoms with Gasteiger partial charge in [0.05, 0.1) is 23.3 Å². The van der Waals surface area contributed by atoms with Crippen LogP contribution in [0.3, 0.4) is 0 Å². The Kier molecular flexibility index (Phi) is 5.64. The maximum atomic E-state index is 13.0. The monoisotopic (exact) mass is 426 g/mol. The average Bonchev–Trinajstić information content (AvgIpc) is 3.36. The fourth-order valence-electron chi connectivity index (χ4n) is 3.36. The van der Waals surface area contributed by atoms with E-state index in [0.717, 1.165) is 0 Å². The van der Waals surface area contributed by atoms with Crippen molar-refractivity contribution in [3.05, 3.63) is 42.3 Å². The normalized spacial score (nSPS) is 19.6. The average molecular weight is 426 g/mol. The third kappa shape index (κ3) is 4.24. The molecule has 1 aliphatic rings. The van der Waals surface area contributed by atoms with Gasteiger partial charge < -0.3 is 19.8 Å². The van der Waals surface area contributed by atoms with Gasteiger partial charge in [-0.3, -0.25) is 4.79 Å². The fraction of sp³-hybridized carbons (Fsp3) is 0.381. The first-order valence-electron chi connectivity index (χ1n) is 10.0. The minimum atomic E-state index is -1.71. The van der Waals surface area contributed by atoms with E-state index < -0.39 is 17.7 Å². The van der Waals surface area contributed by atoms with Gasteiger partial charge in [0.2, 0.25) is 11.5 Å². The Morgan fingerprint density at radius 1 is 1.26 bits per heavy atom. The number of likely N-dealkylation sites (N-methyl/N-ethyl adjacent to an activating group) is 1. The van der Waals surface area contributed by atoms with Gasteiger partial charge in [-0.2, -0.15) is 0 Å². The van der Waals surface area contributed by atoms with E-state index in [4.69, 9.17) is 4.52 Å². The Morgan fingerprint density at radius 3 is 2.71 bits per heavy atom. The molecule has 4 rings (SSSR count). The number of rotatable bonds is 7. The number of nitrogens with one attached hydrogen (secondary N) is 1. The predicted molar refractivity (Wildman–Crippen MR) is 111 cm³/mol. The highest BCUT2D eigenvalue weighted by molar-refractivity contribution is 5.87. The van der Waals surface area contributed by atoms with E-state index in [1.54, 1.807) is 37.5 Å². The molecule has 0 saturated carbocycles. The number of aromatic nitrogens is 4. The van der Waals surface area contributed by atoms with E-state index in [2.05, 4.69) is 25.4 Å². The Balaban J connectivity index is 1.56. The Bertz CT molecular complexity index is 1090. The molecule has 2 atom stereocenters. The van der Waals surface area contributed by atoms with E-state index >= 15 is 0 Å². The number of hydrogen-bond donors (Lipinski definition) is 2. The molecule has 3 aromatic rings. The van der Waals surface area contributed by atoms with Crippen LogP contribution in [0.25, 0.3) is 22.8 Å². The molecule has 1 amide bonds. The number of anilines is 1. The number of halogens is 1.